The minimum absolute atomic E-state index is 0.0617. The lowest BCUT2D eigenvalue weighted by Gasteiger charge is -2.18. The van der Waals surface area contributed by atoms with Gasteiger partial charge in [0.2, 0.25) is 0 Å². The number of aryl methyl sites for hydroxylation is 1. The summed E-state index contributed by atoms with van der Waals surface area (Å²) >= 11 is 6.16. The van der Waals surface area contributed by atoms with Gasteiger partial charge in [0.15, 0.2) is 9.84 Å². The monoisotopic (exact) mass is 405 g/mol. The highest BCUT2D eigenvalue weighted by Crippen LogP contribution is 2.28. The molecule has 27 heavy (non-hydrogen) atoms. The molecule has 0 bridgehead atoms. The molecule has 0 aliphatic rings. The third kappa shape index (κ3) is 3.87. The molecule has 7 heteroatoms. The molecule has 3 aromatic rings. The van der Waals surface area contributed by atoms with Crippen molar-refractivity contribution < 1.29 is 17.6 Å². The number of benzene rings is 2. The minimum Gasteiger partial charge on any atom is -0.461 e. The Hall–Kier alpha value is -2.31. The zero-order valence-electron chi connectivity index (χ0n) is 15.3. The van der Waals surface area contributed by atoms with Crippen LogP contribution < -0.4 is 0 Å². The number of amides is 1. The summed E-state index contributed by atoms with van der Waals surface area (Å²) in [5.41, 5.74) is 1.88. The highest BCUT2D eigenvalue weighted by molar-refractivity contribution is 7.90. The molecule has 1 aromatic heterocycles. The van der Waals surface area contributed by atoms with Crippen LogP contribution in [0.15, 0.2) is 51.8 Å². The summed E-state index contributed by atoms with van der Waals surface area (Å²) < 4.78 is 29.5. The lowest BCUT2D eigenvalue weighted by molar-refractivity contribution is 0.0785. The summed E-state index contributed by atoms with van der Waals surface area (Å²) in [6, 6.07) is 11.8. The van der Waals surface area contributed by atoms with Crippen LogP contribution in [0.1, 0.15) is 28.6 Å². The van der Waals surface area contributed by atoms with E-state index in [0.717, 1.165) is 28.5 Å². The molecule has 0 spiro atoms. The standard InChI is InChI=1S/C20H20ClNO4S/c1-4-18-16(14-7-5-6-8-19(14)26-18)12-22(2)20(23)15-11-13(27(3,24)25)9-10-17(15)21/h5-11H,4,12H2,1-3H3. The van der Waals surface area contributed by atoms with Gasteiger partial charge < -0.3 is 9.32 Å². The third-order valence-electron chi connectivity index (χ3n) is 4.44. The van der Waals surface area contributed by atoms with Gasteiger partial charge in [0.1, 0.15) is 11.3 Å². The van der Waals surface area contributed by atoms with Gasteiger partial charge >= 0.3 is 0 Å². The minimum atomic E-state index is -3.44. The van der Waals surface area contributed by atoms with Crippen molar-refractivity contribution in [2.45, 2.75) is 24.8 Å². The maximum absolute atomic E-state index is 12.9. The highest BCUT2D eigenvalue weighted by atomic mass is 35.5. The molecule has 1 amide bonds. The fourth-order valence-corrected chi connectivity index (χ4v) is 3.87. The number of furan rings is 1. The molecular formula is C20H20ClNO4S. The molecule has 0 aliphatic carbocycles. The molecule has 5 nitrogen and oxygen atoms in total. The van der Waals surface area contributed by atoms with Gasteiger partial charge in [0.25, 0.3) is 5.91 Å². The van der Waals surface area contributed by atoms with E-state index in [1.807, 2.05) is 31.2 Å². The second-order valence-corrected chi connectivity index (χ2v) is 8.85. The largest absolute Gasteiger partial charge is 0.461 e. The van der Waals surface area contributed by atoms with Crippen LogP contribution in [0.4, 0.5) is 0 Å². The van der Waals surface area contributed by atoms with Crippen LogP contribution in [0.5, 0.6) is 0 Å². The summed E-state index contributed by atoms with van der Waals surface area (Å²) in [4.78, 5) is 14.5. The third-order valence-corrected chi connectivity index (χ3v) is 5.88. The van der Waals surface area contributed by atoms with Gasteiger partial charge in [0, 0.05) is 37.2 Å². The molecule has 3 rings (SSSR count). The van der Waals surface area contributed by atoms with Crippen LogP contribution in [0.3, 0.4) is 0 Å². The van der Waals surface area contributed by atoms with Crippen LogP contribution >= 0.6 is 11.6 Å². The molecule has 0 saturated heterocycles. The molecule has 0 atom stereocenters. The van der Waals surface area contributed by atoms with E-state index in [9.17, 15) is 13.2 Å². The van der Waals surface area contributed by atoms with Crippen molar-refractivity contribution in [2.24, 2.45) is 0 Å². The van der Waals surface area contributed by atoms with Crippen molar-refractivity contribution >= 4 is 38.3 Å². The number of rotatable bonds is 5. The van der Waals surface area contributed by atoms with Gasteiger partial charge in [-0.15, -0.1) is 0 Å². The fraction of sp³-hybridized carbons (Fsp3) is 0.250. The van der Waals surface area contributed by atoms with Crippen LogP contribution in [-0.4, -0.2) is 32.5 Å². The van der Waals surface area contributed by atoms with Crippen molar-refractivity contribution in [3.05, 3.63) is 64.4 Å². The van der Waals surface area contributed by atoms with Crippen LogP contribution in [0.25, 0.3) is 11.0 Å². The smallest absolute Gasteiger partial charge is 0.255 e. The predicted octanol–water partition coefficient (Wildman–Crippen LogP) is 4.32. The quantitative estimate of drug-likeness (QED) is 0.633. The van der Waals surface area contributed by atoms with E-state index >= 15 is 0 Å². The average molecular weight is 406 g/mol. The second-order valence-electron chi connectivity index (χ2n) is 6.43. The Bertz CT molecular complexity index is 1120. The number of hydrogen-bond acceptors (Lipinski definition) is 4. The second kappa shape index (κ2) is 7.37. The molecule has 0 aliphatic heterocycles. The van der Waals surface area contributed by atoms with Crippen LogP contribution in [0.2, 0.25) is 5.02 Å². The van der Waals surface area contributed by atoms with Crippen molar-refractivity contribution in [3.8, 4) is 0 Å². The van der Waals surface area contributed by atoms with Gasteiger partial charge in [-0.3, -0.25) is 4.79 Å². The Balaban J connectivity index is 1.96. The van der Waals surface area contributed by atoms with E-state index in [0.29, 0.717) is 13.0 Å². The molecule has 142 valence electrons. The maximum Gasteiger partial charge on any atom is 0.255 e. The Morgan fingerprint density at radius 1 is 1.19 bits per heavy atom. The van der Waals surface area contributed by atoms with Crippen molar-refractivity contribution in [1.29, 1.82) is 0 Å². The Labute approximate surface area is 163 Å². The lowest BCUT2D eigenvalue weighted by atomic mass is 10.1. The molecule has 0 radical (unpaired) electrons. The Morgan fingerprint density at radius 2 is 1.89 bits per heavy atom. The predicted molar refractivity (Wildman–Crippen MR) is 106 cm³/mol. The van der Waals surface area contributed by atoms with E-state index in [2.05, 4.69) is 0 Å². The lowest BCUT2D eigenvalue weighted by Crippen LogP contribution is -2.27. The maximum atomic E-state index is 12.9. The number of para-hydroxylation sites is 1. The summed E-state index contributed by atoms with van der Waals surface area (Å²) in [5, 5.41) is 1.18. The fourth-order valence-electron chi connectivity index (χ4n) is 3.02. The van der Waals surface area contributed by atoms with E-state index < -0.39 is 9.84 Å². The summed E-state index contributed by atoms with van der Waals surface area (Å²) in [7, 11) is -1.78. The topological polar surface area (TPSA) is 67.6 Å². The van der Waals surface area contributed by atoms with E-state index in [1.54, 1.807) is 7.05 Å². The molecule has 0 saturated carbocycles. The number of hydrogen-bond donors (Lipinski definition) is 0. The van der Waals surface area contributed by atoms with E-state index in [1.165, 1.54) is 23.1 Å². The first-order valence-electron chi connectivity index (χ1n) is 8.46. The van der Waals surface area contributed by atoms with Gasteiger partial charge in [-0.05, 0) is 24.3 Å². The normalized spacial score (nSPS) is 11.7. The first kappa shape index (κ1) is 19.5. The zero-order valence-corrected chi connectivity index (χ0v) is 16.9. The van der Waals surface area contributed by atoms with Gasteiger partial charge in [-0.25, -0.2) is 8.42 Å². The molecule has 2 aromatic carbocycles. The van der Waals surface area contributed by atoms with Crippen molar-refractivity contribution in [1.82, 2.24) is 4.90 Å². The Morgan fingerprint density at radius 3 is 2.56 bits per heavy atom. The molecule has 0 fully saturated rings. The first-order valence-corrected chi connectivity index (χ1v) is 10.7. The molecule has 0 N–H and O–H groups in total. The number of nitrogens with zero attached hydrogens (tertiary/aromatic N) is 1. The SMILES string of the molecule is CCc1oc2ccccc2c1CN(C)C(=O)c1cc(S(C)(=O)=O)ccc1Cl. The van der Waals surface area contributed by atoms with Gasteiger partial charge in [0.05, 0.1) is 15.5 Å². The number of carbonyl (C=O) groups is 1. The van der Waals surface area contributed by atoms with Crippen molar-refractivity contribution in [3.63, 3.8) is 0 Å². The Kier molecular flexibility index (Phi) is 5.31. The summed E-state index contributed by atoms with van der Waals surface area (Å²) in [6.07, 6.45) is 1.80. The van der Waals surface area contributed by atoms with E-state index in [4.69, 9.17) is 16.0 Å². The zero-order chi connectivity index (χ0) is 19.8. The summed E-state index contributed by atoms with van der Waals surface area (Å²) in [5.74, 6) is 0.477. The van der Waals surface area contributed by atoms with Crippen LogP contribution in [0, 0.1) is 0 Å². The molecule has 1 heterocycles. The molecular weight excluding hydrogens is 386 g/mol. The first-order chi connectivity index (χ1) is 12.7. The number of halogens is 1. The van der Waals surface area contributed by atoms with Gasteiger partial charge in [-0.1, -0.05) is 36.7 Å². The van der Waals surface area contributed by atoms with Gasteiger partial charge in [-0.2, -0.15) is 0 Å². The van der Waals surface area contributed by atoms with Crippen LogP contribution in [-0.2, 0) is 22.8 Å². The number of fused-ring (bicyclic) bond motifs is 1. The highest BCUT2D eigenvalue weighted by Gasteiger charge is 2.21. The number of carbonyl (C=O) groups excluding carboxylic acids is 1. The number of sulfone groups is 1. The van der Waals surface area contributed by atoms with Crippen molar-refractivity contribution in [2.75, 3.05) is 13.3 Å². The average Bonchev–Trinajstić information content (AvgIpc) is 2.98. The summed E-state index contributed by atoms with van der Waals surface area (Å²) in [6.45, 7) is 2.33. The van der Waals surface area contributed by atoms with E-state index in [-0.39, 0.29) is 21.4 Å². The molecule has 0 unspecified atom stereocenters.